The number of hydrogen-bond donors (Lipinski definition) is 3. The molecular formula is C27H21Cl2N5O2. The van der Waals surface area contributed by atoms with E-state index in [1.54, 1.807) is 54.1 Å². The molecule has 1 aromatic heterocycles. The summed E-state index contributed by atoms with van der Waals surface area (Å²) in [4.78, 5) is 26.7. The molecule has 1 aliphatic heterocycles. The predicted octanol–water partition coefficient (Wildman–Crippen LogP) is 6.37. The maximum absolute atomic E-state index is 13.5. The molecule has 180 valence electrons. The largest absolute Gasteiger partial charge is 0.343 e. The Balaban J connectivity index is 1.55. The molecule has 0 radical (unpaired) electrons. The van der Waals surface area contributed by atoms with E-state index in [0.717, 1.165) is 0 Å². The van der Waals surface area contributed by atoms with Gasteiger partial charge >= 0.3 is 0 Å². The molecule has 0 saturated heterocycles. The van der Waals surface area contributed by atoms with Crippen molar-refractivity contribution < 1.29 is 9.59 Å². The van der Waals surface area contributed by atoms with Gasteiger partial charge in [0.1, 0.15) is 17.4 Å². The van der Waals surface area contributed by atoms with E-state index in [2.05, 4.69) is 21.0 Å². The number of hydrogen-bond acceptors (Lipinski definition) is 4. The first kappa shape index (κ1) is 23.7. The molecule has 2 heterocycles. The first-order valence-electron chi connectivity index (χ1n) is 11.2. The number of para-hydroxylation sites is 1. The standard InChI is InChI=1S/C27H21Cl2N5O2/c1-16-23(27(36)33-19-13-11-17(28)12-14-19)24(20-9-5-6-10-22(20)29)34-25(31-16)21(15-30-34)26(35)32-18-7-3-2-4-8-18/h2-15,24,31H,1H3,(H,32,35)(H,33,36). The summed E-state index contributed by atoms with van der Waals surface area (Å²) in [6.45, 7) is 1.79. The smallest absolute Gasteiger partial charge is 0.261 e. The minimum Gasteiger partial charge on any atom is -0.343 e. The summed E-state index contributed by atoms with van der Waals surface area (Å²) in [6, 6.07) is 22.6. The van der Waals surface area contributed by atoms with E-state index < -0.39 is 6.04 Å². The predicted molar refractivity (Wildman–Crippen MR) is 143 cm³/mol. The fourth-order valence-corrected chi connectivity index (χ4v) is 4.52. The summed E-state index contributed by atoms with van der Waals surface area (Å²) in [5, 5.41) is 14.6. The highest BCUT2D eigenvalue weighted by atomic mass is 35.5. The van der Waals surface area contributed by atoms with Gasteiger partial charge in [-0.25, -0.2) is 4.68 Å². The van der Waals surface area contributed by atoms with Gasteiger partial charge < -0.3 is 16.0 Å². The molecule has 1 aliphatic rings. The van der Waals surface area contributed by atoms with Crippen molar-refractivity contribution in [1.82, 2.24) is 9.78 Å². The molecule has 0 fully saturated rings. The molecule has 0 bridgehead atoms. The zero-order chi connectivity index (χ0) is 25.2. The van der Waals surface area contributed by atoms with E-state index >= 15 is 0 Å². The molecular weight excluding hydrogens is 497 g/mol. The van der Waals surface area contributed by atoms with Gasteiger partial charge in [0.25, 0.3) is 11.8 Å². The van der Waals surface area contributed by atoms with Gasteiger partial charge in [0, 0.05) is 32.7 Å². The maximum atomic E-state index is 13.5. The number of carbonyl (C=O) groups is 2. The number of anilines is 3. The highest BCUT2D eigenvalue weighted by molar-refractivity contribution is 6.31. The summed E-state index contributed by atoms with van der Waals surface area (Å²) in [6.07, 6.45) is 1.48. The lowest BCUT2D eigenvalue weighted by atomic mass is 9.94. The molecule has 3 aromatic carbocycles. The van der Waals surface area contributed by atoms with Crippen molar-refractivity contribution >= 4 is 52.2 Å². The van der Waals surface area contributed by atoms with Crippen molar-refractivity contribution in [3.05, 3.63) is 118 Å². The van der Waals surface area contributed by atoms with Crippen LogP contribution in [-0.4, -0.2) is 21.6 Å². The van der Waals surface area contributed by atoms with E-state index in [-0.39, 0.29) is 11.8 Å². The van der Waals surface area contributed by atoms with Crippen LogP contribution in [0.5, 0.6) is 0 Å². The van der Waals surface area contributed by atoms with Crippen LogP contribution in [0.2, 0.25) is 10.0 Å². The number of nitrogens with one attached hydrogen (secondary N) is 3. The lowest BCUT2D eigenvalue weighted by molar-refractivity contribution is -0.113. The zero-order valence-electron chi connectivity index (χ0n) is 19.1. The van der Waals surface area contributed by atoms with Crippen LogP contribution < -0.4 is 16.0 Å². The minimum atomic E-state index is -0.666. The molecule has 4 aromatic rings. The van der Waals surface area contributed by atoms with Crippen LogP contribution in [-0.2, 0) is 4.79 Å². The summed E-state index contributed by atoms with van der Waals surface area (Å²) in [7, 11) is 0. The van der Waals surface area contributed by atoms with Gasteiger partial charge in [0.15, 0.2) is 0 Å². The van der Waals surface area contributed by atoms with Gasteiger partial charge in [-0.05, 0) is 49.4 Å². The van der Waals surface area contributed by atoms with Crippen molar-refractivity contribution in [3.63, 3.8) is 0 Å². The Bertz CT molecular complexity index is 1480. The number of amides is 2. The first-order valence-corrected chi connectivity index (χ1v) is 11.9. The number of fused-ring (bicyclic) bond motifs is 1. The first-order chi connectivity index (χ1) is 17.4. The minimum absolute atomic E-state index is 0.324. The Morgan fingerprint density at radius 2 is 1.50 bits per heavy atom. The van der Waals surface area contributed by atoms with Crippen molar-refractivity contribution in [2.24, 2.45) is 0 Å². The van der Waals surface area contributed by atoms with Gasteiger partial charge in [-0.15, -0.1) is 0 Å². The average molecular weight is 518 g/mol. The van der Waals surface area contributed by atoms with Crippen LogP contribution in [0.15, 0.2) is 96.3 Å². The third kappa shape index (κ3) is 4.58. The number of rotatable bonds is 5. The van der Waals surface area contributed by atoms with Crippen LogP contribution in [0.3, 0.4) is 0 Å². The molecule has 0 aliphatic carbocycles. The quantitative estimate of drug-likeness (QED) is 0.287. The second kappa shape index (κ2) is 9.89. The summed E-state index contributed by atoms with van der Waals surface area (Å²) < 4.78 is 1.62. The second-order valence-electron chi connectivity index (χ2n) is 8.22. The number of carbonyl (C=O) groups excluding carboxylic acids is 2. The SMILES string of the molecule is CC1=C(C(=O)Nc2ccc(Cl)cc2)C(c2ccccc2Cl)n2ncc(C(=O)Nc3ccccc3)c2N1. The highest BCUT2D eigenvalue weighted by Gasteiger charge is 2.36. The molecule has 7 nitrogen and oxygen atoms in total. The van der Waals surface area contributed by atoms with E-state index in [1.807, 2.05) is 36.4 Å². The summed E-state index contributed by atoms with van der Waals surface area (Å²) in [5.74, 6) is -0.188. The Morgan fingerprint density at radius 1 is 0.861 bits per heavy atom. The lowest BCUT2D eigenvalue weighted by Crippen LogP contribution is -2.32. The van der Waals surface area contributed by atoms with Crippen molar-refractivity contribution in [3.8, 4) is 0 Å². The van der Waals surface area contributed by atoms with E-state index in [9.17, 15) is 9.59 Å². The van der Waals surface area contributed by atoms with Gasteiger partial charge in [0.2, 0.25) is 0 Å². The highest BCUT2D eigenvalue weighted by Crippen LogP contribution is 2.40. The molecule has 0 spiro atoms. The topological polar surface area (TPSA) is 88.0 Å². The number of aromatic nitrogens is 2. The molecule has 3 N–H and O–H groups in total. The molecule has 2 amide bonds. The molecule has 1 unspecified atom stereocenters. The Hall–Kier alpha value is -4.07. The Morgan fingerprint density at radius 3 is 2.22 bits per heavy atom. The van der Waals surface area contributed by atoms with Gasteiger partial charge in [-0.1, -0.05) is 59.6 Å². The Kier molecular flexibility index (Phi) is 6.50. The van der Waals surface area contributed by atoms with Crippen LogP contribution in [0.1, 0.15) is 28.9 Å². The Labute approximate surface area is 217 Å². The number of halogens is 2. The van der Waals surface area contributed by atoms with Crippen LogP contribution in [0.25, 0.3) is 0 Å². The van der Waals surface area contributed by atoms with E-state index in [1.165, 1.54) is 6.20 Å². The summed E-state index contributed by atoms with van der Waals surface area (Å²) in [5.41, 5.74) is 3.28. The zero-order valence-corrected chi connectivity index (χ0v) is 20.6. The van der Waals surface area contributed by atoms with E-state index in [0.29, 0.717) is 49.6 Å². The number of benzene rings is 3. The molecule has 9 heteroatoms. The van der Waals surface area contributed by atoms with Crippen LogP contribution in [0.4, 0.5) is 17.2 Å². The molecule has 36 heavy (non-hydrogen) atoms. The summed E-state index contributed by atoms with van der Waals surface area (Å²) >= 11 is 12.6. The van der Waals surface area contributed by atoms with Gasteiger partial charge in [-0.2, -0.15) is 5.10 Å². The van der Waals surface area contributed by atoms with Crippen molar-refractivity contribution in [1.29, 1.82) is 0 Å². The van der Waals surface area contributed by atoms with Crippen molar-refractivity contribution in [2.45, 2.75) is 13.0 Å². The van der Waals surface area contributed by atoms with Crippen LogP contribution >= 0.6 is 23.2 Å². The normalized spacial score (nSPS) is 14.6. The third-order valence-corrected chi connectivity index (χ3v) is 6.44. The molecule has 5 rings (SSSR count). The van der Waals surface area contributed by atoms with Gasteiger partial charge in [0.05, 0.1) is 11.8 Å². The third-order valence-electron chi connectivity index (χ3n) is 5.85. The number of allylic oxidation sites excluding steroid dienone is 1. The van der Waals surface area contributed by atoms with E-state index in [4.69, 9.17) is 23.2 Å². The second-order valence-corrected chi connectivity index (χ2v) is 9.06. The molecule has 0 saturated carbocycles. The van der Waals surface area contributed by atoms with Gasteiger partial charge in [-0.3, -0.25) is 9.59 Å². The monoisotopic (exact) mass is 517 g/mol. The lowest BCUT2D eigenvalue weighted by Gasteiger charge is -2.30. The fraction of sp³-hybridized carbons (Fsp3) is 0.0741. The van der Waals surface area contributed by atoms with Crippen LogP contribution in [0, 0.1) is 0 Å². The fourth-order valence-electron chi connectivity index (χ4n) is 4.15. The molecule has 1 atom stereocenters. The maximum Gasteiger partial charge on any atom is 0.261 e. The van der Waals surface area contributed by atoms with Crippen molar-refractivity contribution in [2.75, 3.05) is 16.0 Å². The average Bonchev–Trinajstić information content (AvgIpc) is 3.29. The number of nitrogens with zero attached hydrogens (tertiary/aromatic N) is 2.